The summed E-state index contributed by atoms with van der Waals surface area (Å²) in [4.78, 5) is 12.4. The first-order valence-electron chi connectivity index (χ1n) is 6.09. The van der Waals surface area contributed by atoms with E-state index in [4.69, 9.17) is 11.0 Å². The van der Waals surface area contributed by atoms with Crippen LogP contribution in [-0.4, -0.2) is 12.0 Å². The fraction of sp³-hybridized carbons (Fsp3) is 0.125. The number of carbonyl (C=O) groups is 1. The zero-order valence-corrected chi connectivity index (χ0v) is 11.9. The number of rotatable bonds is 4. The highest BCUT2D eigenvalue weighted by atomic mass is 32.2. The van der Waals surface area contributed by atoms with Crippen molar-refractivity contribution in [2.45, 2.75) is 5.25 Å². The summed E-state index contributed by atoms with van der Waals surface area (Å²) in [5, 5.41) is 8.78. The molecule has 0 radical (unpaired) electrons. The van der Waals surface area contributed by atoms with E-state index in [9.17, 15) is 4.79 Å². The first kappa shape index (κ1) is 14.2. The van der Waals surface area contributed by atoms with Crippen molar-refractivity contribution in [3.05, 3.63) is 65.2 Å². The van der Waals surface area contributed by atoms with Crippen LogP contribution < -0.4 is 5.73 Å². The van der Waals surface area contributed by atoms with Crippen LogP contribution in [0.5, 0.6) is 0 Å². The Bertz CT molecular complexity index is 662. The van der Waals surface area contributed by atoms with Gasteiger partial charge in [-0.3, -0.25) is 4.79 Å². The molecule has 0 heterocycles. The van der Waals surface area contributed by atoms with Crippen LogP contribution in [0.15, 0.2) is 48.5 Å². The van der Waals surface area contributed by atoms with Crippen LogP contribution in [0.3, 0.4) is 0 Å². The highest BCUT2D eigenvalue weighted by molar-refractivity contribution is 7.99. The van der Waals surface area contributed by atoms with E-state index >= 15 is 0 Å². The summed E-state index contributed by atoms with van der Waals surface area (Å²) >= 11 is 1.40. The molecule has 20 heavy (non-hydrogen) atoms. The van der Waals surface area contributed by atoms with E-state index in [2.05, 4.69) is 6.07 Å². The minimum atomic E-state index is -0.362. The molecule has 2 aromatic rings. The number of ketones is 1. The van der Waals surface area contributed by atoms with Gasteiger partial charge in [-0.2, -0.15) is 5.26 Å². The zero-order valence-electron chi connectivity index (χ0n) is 11.0. The number of hydrogen-bond donors (Lipinski definition) is 1. The number of carbonyl (C=O) groups excluding carboxylic acids is 1. The molecule has 2 N–H and O–H groups in total. The number of anilines is 1. The molecule has 0 amide bonds. The Morgan fingerprint density at radius 1 is 1.20 bits per heavy atom. The summed E-state index contributed by atoms with van der Waals surface area (Å²) in [5.41, 5.74) is 8.21. The minimum Gasteiger partial charge on any atom is -0.398 e. The van der Waals surface area contributed by atoms with Gasteiger partial charge in [-0.15, -0.1) is 11.8 Å². The van der Waals surface area contributed by atoms with Crippen LogP contribution in [0.4, 0.5) is 5.69 Å². The molecule has 3 nitrogen and oxygen atoms in total. The molecule has 0 saturated heterocycles. The number of nitriles is 1. The van der Waals surface area contributed by atoms with Gasteiger partial charge < -0.3 is 5.73 Å². The van der Waals surface area contributed by atoms with Gasteiger partial charge in [-0.1, -0.05) is 42.5 Å². The van der Waals surface area contributed by atoms with E-state index < -0.39 is 0 Å². The average Bonchev–Trinajstić information content (AvgIpc) is 2.50. The van der Waals surface area contributed by atoms with Gasteiger partial charge >= 0.3 is 0 Å². The number of nitrogen functional groups attached to an aromatic ring is 1. The maximum Gasteiger partial charge on any atom is 0.195 e. The maximum absolute atomic E-state index is 12.4. The lowest BCUT2D eigenvalue weighted by atomic mass is 9.98. The Balaban J connectivity index is 2.47. The summed E-state index contributed by atoms with van der Waals surface area (Å²) in [5.74, 6) is -0.122. The van der Waals surface area contributed by atoms with Crippen molar-refractivity contribution in [2.24, 2.45) is 0 Å². The third-order valence-corrected chi connectivity index (χ3v) is 3.89. The quantitative estimate of drug-likeness (QED) is 0.689. The number of thioether (sulfide) groups is 1. The summed E-state index contributed by atoms with van der Waals surface area (Å²) < 4.78 is 0. The molecular weight excluding hydrogens is 268 g/mol. The predicted octanol–water partition coefficient (Wildman–Crippen LogP) is 3.43. The van der Waals surface area contributed by atoms with Gasteiger partial charge in [0.2, 0.25) is 0 Å². The predicted molar refractivity (Wildman–Crippen MR) is 82.6 cm³/mol. The smallest absolute Gasteiger partial charge is 0.195 e. The second-order valence-corrected chi connectivity index (χ2v) is 5.19. The van der Waals surface area contributed by atoms with Gasteiger partial charge in [0.15, 0.2) is 5.78 Å². The standard InChI is InChI=1S/C16H14N2OS/c1-20-14(10-17)12-8-5-9-13(15(12)18)16(19)11-6-3-2-4-7-11/h2-9,14H,18H2,1H3/t14-/m0/s1. The van der Waals surface area contributed by atoms with Crippen LogP contribution in [0, 0.1) is 11.3 Å². The Morgan fingerprint density at radius 2 is 1.90 bits per heavy atom. The molecule has 0 saturated carbocycles. The van der Waals surface area contributed by atoms with E-state index in [0.29, 0.717) is 22.4 Å². The number of hydrogen-bond acceptors (Lipinski definition) is 4. The number of nitrogens with two attached hydrogens (primary N) is 1. The summed E-state index contributed by atoms with van der Waals surface area (Å²) in [6.45, 7) is 0. The Morgan fingerprint density at radius 3 is 2.50 bits per heavy atom. The van der Waals surface area contributed by atoms with Crippen LogP contribution in [0.2, 0.25) is 0 Å². The van der Waals surface area contributed by atoms with E-state index in [1.54, 1.807) is 30.3 Å². The lowest BCUT2D eigenvalue weighted by Gasteiger charge is -2.13. The summed E-state index contributed by atoms with van der Waals surface area (Å²) in [6.07, 6.45) is 1.85. The minimum absolute atomic E-state index is 0.122. The van der Waals surface area contributed by atoms with Crippen molar-refractivity contribution in [3.8, 4) is 6.07 Å². The van der Waals surface area contributed by atoms with Crippen molar-refractivity contribution < 1.29 is 4.79 Å². The van der Waals surface area contributed by atoms with Crippen molar-refractivity contribution in [3.63, 3.8) is 0 Å². The molecule has 0 fully saturated rings. The molecule has 0 aliphatic carbocycles. The third kappa shape index (κ3) is 2.68. The number of para-hydroxylation sites is 1. The van der Waals surface area contributed by atoms with Crippen molar-refractivity contribution in [2.75, 3.05) is 12.0 Å². The van der Waals surface area contributed by atoms with Crippen LogP contribution >= 0.6 is 11.8 Å². The number of benzene rings is 2. The monoisotopic (exact) mass is 282 g/mol. The third-order valence-electron chi connectivity index (χ3n) is 3.06. The highest BCUT2D eigenvalue weighted by Crippen LogP contribution is 2.32. The van der Waals surface area contributed by atoms with Crippen molar-refractivity contribution in [1.82, 2.24) is 0 Å². The summed E-state index contributed by atoms with van der Waals surface area (Å²) in [7, 11) is 0. The fourth-order valence-corrected chi connectivity index (χ4v) is 2.57. The van der Waals surface area contributed by atoms with Crippen LogP contribution in [0.25, 0.3) is 0 Å². The lowest BCUT2D eigenvalue weighted by Crippen LogP contribution is -2.08. The van der Waals surface area contributed by atoms with Gasteiger partial charge in [0.05, 0.1) is 6.07 Å². The molecule has 1 atom stereocenters. The first-order chi connectivity index (χ1) is 9.69. The molecule has 0 bridgehead atoms. The molecule has 0 unspecified atom stereocenters. The molecule has 0 aliphatic heterocycles. The number of nitrogens with zero attached hydrogens (tertiary/aromatic N) is 1. The van der Waals surface area contributed by atoms with E-state index in [-0.39, 0.29) is 11.0 Å². The van der Waals surface area contributed by atoms with Crippen molar-refractivity contribution >= 4 is 23.2 Å². The molecule has 4 heteroatoms. The molecule has 2 aromatic carbocycles. The van der Waals surface area contributed by atoms with Crippen LogP contribution in [0.1, 0.15) is 26.7 Å². The molecule has 100 valence electrons. The Labute approximate surface area is 122 Å². The van der Waals surface area contributed by atoms with Crippen LogP contribution in [-0.2, 0) is 0 Å². The Hall–Kier alpha value is -2.25. The largest absolute Gasteiger partial charge is 0.398 e. The molecule has 0 aliphatic rings. The zero-order chi connectivity index (χ0) is 14.5. The van der Waals surface area contributed by atoms with Gasteiger partial charge in [-0.25, -0.2) is 0 Å². The lowest BCUT2D eigenvalue weighted by molar-refractivity contribution is 0.103. The van der Waals surface area contributed by atoms with Gasteiger partial charge in [-0.05, 0) is 12.3 Å². The topological polar surface area (TPSA) is 66.9 Å². The van der Waals surface area contributed by atoms with E-state index in [0.717, 1.165) is 0 Å². The van der Waals surface area contributed by atoms with Gasteiger partial charge in [0.25, 0.3) is 0 Å². The SMILES string of the molecule is CS[C@@H](C#N)c1cccc(C(=O)c2ccccc2)c1N. The average molecular weight is 282 g/mol. The molecule has 2 rings (SSSR count). The first-order valence-corrected chi connectivity index (χ1v) is 7.38. The van der Waals surface area contributed by atoms with Crippen molar-refractivity contribution in [1.29, 1.82) is 5.26 Å². The van der Waals surface area contributed by atoms with E-state index in [1.807, 2.05) is 24.5 Å². The fourth-order valence-electron chi connectivity index (χ4n) is 2.00. The normalized spacial score (nSPS) is 11.6. The highest BCUT2D eigenvalue weighted by Gasteiger charge is 2.18. The Kier molecular flexibility index (Phi) is 4.44. The maximum atomic E-state index is 12.4. The molecular formula is C16H14N2OS. The second-order valence-electron chi connectivity index (χ2n) is 4.25. The second kappa shape index (κ2) is 6.27. The van der Waals surface area contributed by atoms with Gasteiger partial charge in [0.1, 0.15) is 5.25 Å². The van der Waals surface area contributed by atoms with E-state index in [1.165, 1.54) is 11.8 Å². The summed E-state index contributed by atoms with van der Waals surface area (Å²) in [6, 6.07) is 16.4. The van der Waals surface area contributed by atoms with Gasteiger partial charge in [0, 0.05) is 22.4 Å². The molecule has 0 aromatic heterocycles. The molecule has 0 spiro atoms.